The zero-order valence-electron chi connectivity index (χ0n) is 24.2. The number of alkyl carbamates (subject to hydrolysis) is 2. The first-order chi connectivity index (χ1) is 17.4. The normalized spacial score (nSPS) is 10.7. The van der Waals surface area contributed by atoms with Crippen molar-refractivity contribution in [3.8, 4) is 0 Å². The zero-order valence-corrected chi connectivity index (χ0v) is 27.0. The van der Waals surface area contributed by atoms with E-state index in [1.165, 1.54) is 19.2 Å². The highest BCUT2D eigenvalue weighted by atomic mass is 32.2. The number of carbonyl (C=O) groups is 2. The van der Waals surface area contributed by atoms with Gasteiger partial charge in [-0.15, -0.1) is 0 Å². The van der Waals surface area contributed by atoms with Crippen LogP contribution in [0, 0.1) is 6.92 Å². The maximum atomic E-state index is 10.9. The smallest absolute Gasteiger partial charge is 0.408 e. The van der Waals surface area contributed by atoms with Crippen LogP contribution in [0.5, 0.6) is 0 Å². The number of amides is 2. The van der Waals surface area contributed by atoms with Gasteiger partial charge in [-0.05, 0) is 31.1 Å². The van der Waals surface area contributed by atoms with Gasteiger partial charge in [-0.2, -0.15) is 8.42 Å². The summed E-state index contributed by atoms with van der Waals surface area (Å²) in [7, 11) is -3.71. The molecule has 15 heteroatoms. The number of ether oxygens (including phenoxy) is 3. The van der Waals surface area contributed by atoms with E-state index in [1.807, 2.05) is 6.92 Å². The maximum absolute atomic E-state index is 10.9. The highest BCUT2D eigenvalue weighted by Crippen LogP contribution is 2.09. The Balaban J connectivity index is -0.000000468. The molecule has 0 aromatic heterocycles. The summed E-state index contributed by atoms with van der Waals surface area (Å²) in [5.74, 6) is 0. The molecule has 0 atom stereocenters. The fourth-order valence-corrected chi connectivity index (χ4v) is 3.82. The van der Waals surface area contributed by atoms with Gasteiger partial charge in [-0.25, -0.2) is 9.59 Å². The molecule has 0 saturated heterocycles. The van der Waals surface area contributed by atoms with Gasteiger partial charge in [-0.1, -0.05) is 57.0 Å². The third kappa shape index (κ3) is 30.2. The average Bonchev–Trinajstić information content (AvgIpc) is 2.78. The third-order valence-electron chi connectivity index (χ3n) is 4.07. The van der Waals surface area contributed by atoms with Gasteiger partial charge in [0.25, 0.3) is 10.1 Å². The third-order valence-corrected chi connectivity index (χ3v) is 8.35. The molecule has 224 valence electrons. The van der Waals surface area contributed by atoms with E-state index < -0.39 is 38.5 Å². The molecular weight excluding hydrogens is 552 g/mol. The number of rotatable bonds is 10. The Morgan fingerprint density at radius 2 is 1.24 bits per heavy atom. The molecule has 1 rings (SSSR count). The molecule has 0 heterocycles. The predicted octanol–water partition coefficient (Wildman–Crippen LogP) is 3.51. The second-order valence-corrected chi connectivity index (χ2v) is 22.8. The summed E-state index contributed by atoms with van der Waals surface area (Å²) in [6.07, 6.45) is -0.948. The maximum Gasteiger partial charge on any atom is 0.408 e. The van der Waals surface area contributed by atoms with Crippen molar-refractivity contribution in [3.63, 3.8) is 0 Å². The van der Waals surface area contributed by atoms with Gasteiger partial charge in [0.05, 0.1) is 18.1 Å². The second kappa shape index (κ2) is 21.9. The summed E-state index contributed by atoms with van der Waals surface area (Å²) >= 11 is 0. The van der Waals surface area contributed by atoms with E-state index in [2.05, 4.69) is 54.7 Å². The number of aryl methyl sites for hydroxylation is 1. The molecule has 1 aromatic rings. The van der Waals surface area contributed by atoms with Gasteiger partial charge in [0, 0.05) is 30.4 Å². The van der Waals surface area contributed by atoms with Gasteiger partial charge in [0.2, 0.25) is 0 Å². The van der Waals surface area contributed by atoms with Gasteiger partial charge < -0.3 is 24.4 Å². The van der Waals surface area contributed by atoms with Gasteiger partial charge in [0.15, 0.2) is 0 Å². The summed E-state index contributed by atoms with van der Waals surface area (Å²) < 4.78 is 43.9. The number of nitrogens with one attached hydrogen (secondary N) is 2. The van der Waals surface area contributed by atoms with Crippen LogP contribution in [0.4, 0.5) is 9.59 Å². The molecule has 0 radical (unpaired) electrons. The predicted molar refractivity (Wildman–Crippen MR) is 153 cm³/mol. The number of carbonyl (C=O) groups excluding carboxylic acids is 2. The van der Waals surface area contributed by atoms with Crippen molar-refractivity contribution < 1.29 is 47.0 Å². The van der Waals surface area contributed by atoms with E-state index in [9.17, 15) is 18.0 Å². The summed E-state index contributed by atoms with van der Waals surface area (Å²) in [6, 6.07) is 7.93. The van der Waals surface area contributed by atoms with Crippen LogP contribution in [0.3, 0.4) is 0 Å². The van der Waals surface area contributed by atoms with E-state index in [0.29, 0.717) is 13.2 Å². The molecule has 0 fully saturated rings. The minimum absolute atomic E-state index is 0.0666. The molecule has 0 saturated carbocycles. The Hall–Kier alpha value is -2.02. The van der Waals surface area contributed by atoms with Gasteiger partial charge in [0.1, 0.15) is 13.5 Å². The van der Waals surface area contributed by atoms with Gasteiger partial charge in [-0.3, -0.25) is 15.2 Å². The van der Waals surface area contributed by atoms with Crippen molar-refractivity contribution >= 4 is 38.5 Å². The number of aliphatic hydroxyl groups is 2. The molecule has 0 aliphatic carbocycles. The lowest BCUT2D eigenvalue weighted by atomic mass is 10.2. The van der Waals surface area contributed by atoms with Crippen LogP contribution in [0.25, 0.3) is 0 Å². The van der Waals surface area contributed by atoms with Crippen LogP contribution in [-0.4, -0.2) is 92.4 Å². The summed E-state index contributed by atoms with van der Waals surface area (Å²) in [6.45, 7) is 16.0. The summed E-state index contributed by atoms with van der Waals surface area (Å²) in [4.78, 5) is 21.5. The molecular formula is C23H48N2O10SSi2. The van der Waals surface area contributed by atoms with Crippen LogP contribution in [0.2, 0.25) is 51.4 Å². The van der Waals surface area contributed by atoms with E-state index in [1.54, 1.807) is 12.1 Å². The molecule has 12 nitrogen and oxygen atoms in total. The van der Waals surface area contributed by atoms with Crippen molar-refractivity contribution in [1.29, 1.82) is 0 Å². The SMILES string of the molecule is CO.COCNC(=O)OCC[Si](C)(C)C.C[Si](C)(C)CCOC(=O)NCO.Cc1ccc(S(=O)(=O)O)cc1. The molecule has 38 heavy (non-hydrogen) atoms. The first-order valence-electron chi connectivity index (χ1n) is 11.8. The van der Waals surface area contributed by atoms with Crippen molar-refractivity contribution in [2.45, 2.75) is 63.2 Å². The van der Waals surface area contributed by atoms with Crippen LogP contribution in [0.1, 0.15) is 5.56 Å². The lowest BCUT2D eigenvalue weighted by Gasteiger charge is -2.15. The number of aliphatic hydroxyl groups excluding tert-OH is 2. The fraction of sp³-hybridized carbons (Fsp3) is 0.652. The van der Waals surface area contributed by atoms with Gasteiger partial charge >= 0.3 is 12.2 Å². The average molecular weight is 601 g/mol. The Morgan fingerprint density at radius 3 is 1.55 bits per heavy atom. The van der Waals surface area contributed by atoms with Crippen molar-refractivity contribution in [3.05, 3.63) is 29.8 Å². The Kier molecular flexibility index (Phi) is 23.3. The monoisotopic (exact) mass is 600 g/mol. The quantitative estimate of drug-likeness (QED) is 0.151. The molecule has 5 N–H and O–H groups in total. The minimum Gasteiger partial charge on any atom is -0.450 e. The second-order valence-electron chi connectivity index (χ2n) is 10.1. The van der Waals surface area contributed by atoms with Crippen molar-refractivity contribution in [2.75, 3.05) is 40.9 Å². The largest absolute Gasteiger partial charge is 0.450 e. The fourth-order valence-electron chi connectivity index (χ4n) is 1.91. The zero-order chi connectivity index (χ0) is 30.4. The van der Waals surface area contributed by atoms with Crippen LogP contribution in [-0.2, 0) is 24.3 Å². The van der Waals surface area contributed by atoms with E-state index >= 15 is 0 Å². The number of hydrogen-bond donors (Lipinski definition) is 5. The minimum atomic E-state index is -4.02. The summed E-state index contributed by atoms with van der Waals surface area (Å²) in [5.41, 5.74) is 0.956. The van der Waals surface area contributed by atoms with E-state index in [0.717, 1.165) is 24.8 Å². The highest BCUT2D eigenvalue weighted by molar-refractivity contribution is 7.85. The Bertz CT molecular complexity index is 856. The molecule has 0 aliphatic heterocycles. The Labute approximate surface area is 229 Å². The first kappa shape index (κ1) is 40.5. The lowest BCUT2D eigenvalue weighted by molar-refractivity contribution is 0.123. The number of methoxy groups -OCH3 is 1. The van der Waals surface area contributed by atoms with Crippen molar-refractivity contribution in [1.82, 2.24) is 10.6 Å². The van der Waals surface area contributed by atoms with E-state index in [-0.39, 0.29) is 18.4 Å². The van der Waals surface area contributed by atoms with Crippen LogP contribution < -0.4 is 10.6 Å². The van der Waals surface area contributed by atoms with Crippen molar-refractivity contribution in [2.24, 2.45) is 0 Å². The highest BCUT2D eigenvalue weighted by Gasteiger charge is 2.14. The lowest BCUT2D eigenvalue weighted by Crippen LogP contribution is -2.29. The topological polar surface area (TPSA) is 181 Å². The summed E-state index contributed by atoms with van der Waals surface area (Å²) in [5, 5.41) is 19.9. The van der Waals surface area contributed by atoms with E-state index in [4.69, 9.17) is 24.2 Å². The van der Waals surface area contributed by atoms with Crippen LogP contribution >= 0.6 is 0 Å². The molecule has 0 aliphatic rings. The molecule has 0 spiro atoms. The molecule has 1 aromatic carbocycles. The first-order valence-corrected chi connectivity index (χ1v) is 20.7. The molecule has 0 unspecified atom stereocenters. The Morgan fingerprint density at radius 1 is 0.842 bits per heavy atom. The number of hydrogen-bond acceptors (Lipinski definition) is 9. The molecule has 0 bridgehead atoms. The van der Waals surface area contributed by atoms with Crippen LogP contribution in [0.15, 0.2) is 29.2 Å². The number of benzene rings is 1. The standard InChI is InChI=1S/C8H19NO3Si.C7H17NO3Si.C7H8O3S.CH4O/c1-11-7-9-8(10)12-5-6-13(2,3)4;1-12(2,3)5-4-11-7(10)8-6-9;1-6-2-4-7(5-3-6)11(8,9)10;1-2/h5-7H2,1-4H3,(H,9,10);9H,4-6H2,1-3H3,(H,8,10);2-5H,1H3,(H,8,9,10);2H,1H3. The molecule has 2 amide bonds.